The van der Waals surface area contributed by atoms with Gasteiger partial charge in [0.05, 0.1) is 6.61 Å². The molecule has 0 aliphatic carbocycles. The van der Waals surface area contributed by atoms with Crippen LogP contribution >= 0.6 is 11.6 Å². The molecular weight excluding hydrogens is 270 g/mol. The molecule has 2 aromatic rings. The molecule has 1 N–H and O–H groups in total. The summed E-state index contributed by atoms with van der Waals surface area (Å²) in [6.07, 6.45) is 3.45. The Bertz CT molecular complexity index is 612. The maximum Gasteiger partial charge on any atom is 0.0702 e. The van der Waals surface area contributed by atoms with Crippen molar-refractivity contribution in [3.63, 3.8) is 0 Å². The smallest absolute Gasteiger partial charge is 0.0702 e. The van der Waals surface area contributed by atoms with E-state index in [0.717, 1.165) is 30.6 Å². The van der Waals surface area contributed by atoms with Crippen molar-refractivity contribution < 1.29 is 5.11 Å². The molecule has 0 spiro atoms. The summed E-state index contributed by atoms with van der Waals surface area (Å²) in [5.41, 5.74) is 4.55. The highest BCUT2D eigenvalue weighted by Crippen LogP contribution is 2.35. The molecule has 2 nitrogen and oxygen atoms in total. The summed E-state index contributed by atoms with van der Waals surface area (Å²) in [7, 11) is 0. The van der Waals surface area contributed by atoms with Gasteiger partial charge in [0.25, 0.3) is 0 Å². The Labute approximate surface area is 124 Å². The van der Waals surface area contributed by atoms with E-state index in [1.54, 1.807) is 0 Å². The van der Waals surface area contributed by atoms with Crippen LogP contribution in [0.1, 0.15) is 24.0 Å². The van der Waals surface area contributed by atoms with Crippen LogP contribution in [0.5, 0.6) is 0 Å². The van der Waals surface area contributed by atoms with Gasteiger partial charge in [0.1, 0.15) is 0 Å². The van der Waals surface area contributed by atoms with Gasteiger partial charge in [-0.25, -0.2) is 0 Å². The first-order chi connectivity index (χ1) is 9.79. The van der Waals surface area contributed by atoms with Gasteiger partial charge in [-0.3, -0.25) is 0 Å². The molecule has 1 aliphatic heterocycles. The van der Waals surface area contributed by atoms with Gasteiger partial charge in [-0.05, 0) is 43.0 Å². The normalized spacial score (nSPS) is 14.8. The van der Waals surface area contributed by atoms with Gasteiger partial charge in [-0.1, -0.05) is 35.9 Å². The number of aryl methyl sites for hydroxylation is 1. The van der Waals surface area contributed by atoms with E-state index in [-0.39, 0.29) is 6.61 Å². The largest absolute Gasteiger partial charge is 0.392 e. The van der Waals surface area contributed by atoms with Crippen LogP contribution in [0.2, 0.25) is 5.02 Å². The maximum absolute atomic E-state index is 9.59. The maximum atomic E-state index is 9.59. The third kappa shape index (κ3) is 2.54. The van der Waals surface area contributed by atoms with Crippen molar-refractivity contribution in [1.82, 2.24) is 0 Å². The number of hydrogen-bond donors (Lipinski definition) is 1. The number of fused-ring (bicyclic) bond motifs is 1. The van der Waals surface area contributed by atoms with Crippen molar-refractivity contribution in [1.29, 1.82) is 0 Å². The summed E-state index contributed by atoms with van der Waals surface area (Å²) >= 11 is 6.15. The number of halogens is 1. The Morgan fingerprint density at radius 2 is 1.90 bits per heavy atom. The van der Waals surface area contributed by atoms with Crippen molar-refractivity contribution in [2.24, 2.45) is 0 Å². The molecule has 0 fully saturated rings. The lowest BCUT2D eigenvalue weighted by Gasteiger charge is -2.27. The van der Waals surface area contributed by atoms with Crippen LogP contribution in [0.25, 0.3) is 0 Å². The average molecular weight is 288 g/mol. The van der Waals surface area contributed by atoms with Gasteiger partial charge in [-0.2, -0.15) is 0 Å². The van der Waals surface area contributed by atoms with Crippen LogP contribution < -0.4 is 4.90 Å². The van der Waals surface area contributed by atoms with E-state index in [1.807, 2.05) is 18.2 Å². The topological polar surface area (TPSA) is 23.5 Å². The van der Waals surface area contributed by atoms with Gasteiger partial charge in [0.15, 0.2) is 0 Å². The fourth-order valence-electron chi connectivity index (χ4n) is 2.86. The Kier molecular flexibility index (Phi) is 3.95. The van der Waals surface area contributed by atoms with E-state index in [9.17, 15) is 5.11 Å². The first kappa shape index (κ1) is 13.5. The van der Waals surface area contributed by atoms with Crippen molar-refractivity contribution in [3.8, 4) is 0 Å². The Morgan fingerprint density at radius 1 is 1.05 bits per heavy atom. The number of hydrogen-bond acceptors (Lipinski definition) is 2. The van der Waals surface area contributed by atoms with Crippen LogP contribution in [0.3, 0.4) is 0 Å². The van der Waals surface area contributed by atoms with Crippen LogP contribution in [0, 0.1) is 0 Å². The SMILES string of the molecule is OCc1ccc(Cl)cc1N1CCCCc2ccccc21. The zero-order valence-electron chi connectivity index (χ0n) is 11.3. The fraction of sp³-hybridized carbons (Fsp3) is 0.294. The predicted octanol–water partition coefficient (Wildman–Crippen LogP) is 4.31. The van der Waals surface area contributed by atoms with E-state index in [4.69, 9.17) is 11.6 Å². The zero-order chi connectivity index (χ0) is 13.9. The van der Waals surface area contributed by atoms with E-state index < -0.39 is 0 Å². The van der Waals surface area contributed by atoms with Crippen molar-refractivity contribution >= 4 is 23.0 Å². The van der Waals surface area contributed by atoms with E-state index >= 15 is 0 Å². The molecule has 0 aromatic heterocycles. The summed E-state index contributed by atoms with van der Waals surface area (Å²) in [5, 5.41) is 10.3. The van der Waals surface area contributed by atoms with E-state index in [1.165, 1.54) is 17.7 Å². The minimum Gasteiger partial charge on any atom is -0.392 e. The second-order valence-electron chi connectivity index (χ2n) is 5.17. The number of anilines is 2. The van der Waals surface area contributed by atoms with Gasteiger partial charge in [0, 0.05) is 28.5 Å². The third-order valence-electron chi connectivity index (χ3n) is 3.87. The number of rotatable bonds is 2. The fourth-order valence-corrected chi connectivity index (χ4v) is 3.03. The first-order valence-corrected chi connectivity index (χ1v) is 7.42. The van der Waals surface area contributed by atoms with Crippen molar-refractivity contribution in [2.75, 3.05) is 11.4 Å². The molecule has 20 heavy (non-hydrogen) atoms. The Hall–Kier alpha value is -1.51. The molecule has 1 aliphatic rings. The predicted molar refractivity (Wildman–Crippen MR) is 83.8 cm³/mol. The van der Waals surface area contributed by atoms with E-state index in [2.05, 4.69) is 29.2 Å². The molecule has 3 heteroatoms. The van der Waals surface area contributed by atoms with Crippen LogP contribution in [-0.4, -0.2) is 11.7 Å². The number of aliphatic hydroxyl groups excluding tert-OH is 1. The second-order valence-corrected chi connectivity index (χ2v) is 5.61. The molecule has 1 heterocycles. The highest BCUT2D eigenvalue weighted by molar-refractivity contribution is 6.30. The molecule has 0 saturated heterocycles. The Morgan fingerprint density at radius 3 is 2.75 bits per heavy atom. The van der Waals surface area contributed by atoms with Crippen LogP contribution in [-0.2, 0) is 13.0 Å². The lowest BCUT2D eigenvalue weighted by molar-refractivity contribution is 0.282. The minimum atomic E-state index is 0.0329. The van der Waals surface area contributed by atoms with Crippen LogP contribution in [0.4, 0.5) is 11.4 Å². The zero-order valence-corrected chi connectivity index (χ0v) is 12.1. The second kappa shape index (κ2) is 5.86. The lowest BCUT2D eigenvalue weighted by Crippen LogP contribution is -2.19. The summed E-state index contributed by atoms with van der Waals surface area (Å²) in [6, 6.07) is 14.2. The number of benzene rings is 2. The molecule has 0 saturated carbocycles. The molecule has 0 atom stereocenters. The number of para-hydroxylation sites is 1. The average Bonchev–Trinajstić information content (AvgIpc) is 2.69. The molecule has 0 amide bonds. The summed E-state index contributed by atoms with van der Waals surface area (Å²) in [6.45, 7) is 0.996. The van der Waals surface area contributed by atoms with Gasteiger partial charge < -0.3 is 10.0 Å². The number of nitrogens with zero attached hydrogens (tertiary/aromatic N) is 1. The summed E-state index contributed by atoms with van der Waals surface area (Å²) < 4.78 is 0. The highest BCUT2D eigenvalue weighted by Gasteiger charge is 2.18. The first-order valence-electron chi connectivity index (χ1n) is 7.04. The number of aliphatic hydroxyl groups is 1. The molecule has 0 radical (unpaired) electrons. The molecule has 104 valence electrons. The molecular formula is C17H18ClNO. The minimum absolute atomic E-state index is 0.0329. The van der Waals surface area contributed by atoms with Crippen LogP contribution in [0.15, 0.2) is 42.5 Å². The quantitative estimate of drug-likeness (QED) is 0.890. The van der Waals surface area contributed by atoms with Gasteiger partial charge in [0.2, 0.25) is 0 Å². The lowest BCUT2D eigenvalue weighted by atomic mass is 10.1. The summed E-state index contributed by atoms with van der Waals surface area (Å²) in [5.74, 6) is 0. The molecule has 2 aromatic carbocycles. The standard InChI is InChI=1S/C17H18ClNO/c18-15-9-8-14(12-20)17(11-15)19-10-4-3-6-13-5-1-2-7-16(13)19/h1-2,5,7-9,11,20H,3-4,6,10,12H2. The molecule has 3 rings (SSSR count). The van der Waals surface area contributed by atoms with E-state index in [0.29, 0.717) is 5.02 Å². The van der Waals surface area contributed by atoms with Gasteiger partial charge in [-0.15, -0.1) is 0 Å². The summed E-state index contributed by atoms with van der Waals surface area (Å²) in [4.78, 5) is 2.29. The van der Waals surface area contributed by atoms with Crippen molar-refractivity contribution in [2.45, 2.75) is 25.9 Å². The Balaban J connectivity index is 2.12. The molecule has 0 unspecified atom stereocenters. The van der Waals surface area contributed by atoms with Crippen molar-refractivity contribution in [3.05, 3.63) is 58.6 Å². The monoisotopic (exact) mass is 287 g/mol. The third-order valence-corrected chi connectivity index (χ3v) is 4.10. The highest BCUT2D eigenvalue weighted by atomic mass is 35.5. The molecule has 0 bridgehead atoms. The van der Waals surface area contributed by atoms with Gasteiger partial charge >= 0.3 is 0 Å².